The van der Waals surface area contributed by atoms with E-state index in [1.807, 2.05) is 12.4 Å². The Bertz CT molecular complexity index is 274. The summed E-state index contributed by atoms with van der Waals surface area (Å²) in [5.41, 5.74) is 0. The number of H-pyrrole nitrogens is 1. The van der Waals surface area contributed by atoms with E-state index >= 15 is 0 Å². The SMILES string of the molecule is CCCC(CC)n1cc[nH]c1=S. The molecule has 1 unspecified atom stereocenters. The molecule has 3 heteroatoms. The van der Waals surface area contributed by atoms with Gasteiger partial charge in [0.05, 0.1) is 0 Å². The first-order valence-electron chi connectivity index (χ1n) is 4.55. The van der Waals surface area contributed by atoms with Crippen LogP contribution < -0.4 is 0 Å². The molecule has 0 aliphatic heterocycles. The molecule has 0 saturated heterocycles. The lowest BCUT2D eigenvalue weighted by molar-refractivity contribution is 0.443. The van der Waals surface area contributed by atoms with Crippen molar-refractivity contribution in [1.82, 2.24) is 9.55 Å². The van der Waals surface area contributed by atoms with Crippen LogP contribution in [0.4, 0.5) is 0 Å². The minimum absolute atomic E-state index is 0.578. The van der Waals surface area contributed by atoms with Gasteiger partial charge in [-0.05, 0) is 25.1 Å². The van der Waals surface area contributed by atoms with E-state index in [-0.39, 0.29) is 0 Å². The van der Waals surface area contributed by atoms with Gasteiger partial charge in [0.1, 0.15) is 0 Å². The van der Waals surface area contributed by atoms with Gasteiger partial charge < -0.3 is 9.55 Å². The van der Waals surface area contributed by atoms with Crippen molar-refractivity contribution in [3.63, 3.8) is 0 Å². The maximum atomic E-state index is 5.15. The van der Waals surface area contributed by atoms with Crippen molar-refractivity contribution >= 4 is 12.2 Å². The quantitative estimate of drug-likeness (QED) is 0.712. The minimum atomic E-state index is 0.578. The van der Waals surface area contributed by atoms with Crippen molar-refractivity contribution < 1.29 is 0 Å². The summed E-state index contributed by atoms with van der Waals surface area (Å²) in [7, 11) is 0. The van der Waals surface area contributed by atoms with E-state index < -0.39 is 0 Å². The average Bonchev–Trinajstić information content (AvgIpc) is 2.47. The smallest absolute Gasteiger partial charge is 0.177 e. The van der Waals surface area contributed by atoms with Crippen molar-refractivity contribution in [2.24, 2.45) is 0 Å². The molecule has 0 spiro atoms. The van der Waals surface area contributed by atoms with E-state index in [0.717, 1.165) is 11.2 Å². The summed E-state index contributed by atoms with van der Waals surface area (Å²) in [6.45, 7) is 4.41. The van der Waals surface area contributed by atoms with Gasteiger partial charge in [0.2, 0.25) is 0 Å². The molecule has 1 rings (SSSR count). The number of hydrogen-bond donors (Lipinski definition) is 1. The van der Waals surface area contributed by atoms with E-state index in [1.165, 1.54) is 12.8 Å². The Morgan fingerprint density at radius 2 is 2.33 bits per heavy atom. The Morgan fingerprint density at radius 1 is 1.58 bits per heavy atom. The van der Waals surface area contributed by atoms with Crippen molar-refractivity contribution in [3.05, 3.63) is 17.2 Å². The fourth-order valence-corrected chi connectivity index (χ4v) is 1.77. The molecule has 0 amide bonds. The molecule has 0 aliphatic rings. The van der Waals surface area contributed by atoms with Gasteiger partial charge in [0.25, 0.3) is 0 Å². The second-order valence-corrected chi connectivity index (χ2v) is 3.41. The number of nitrogens with zero attached hydrogens (tertiary/aromatic N) is 1. The van der Waals surface area contributed by atoms with Crippen LogP contribution in [0.15, 0.2) is 12.4 Å². The third-order valence-electron chi connectivity index (χ3n) is 2.16. The highest BCUT2D eigenvalue weighted by Crippen LogP contribution is 2.17. The van der Waals surface area contributed by atoms with Crippen LogP contribution in [-0.4, -0.2) is 9.55 Å². The Balaban J connectivity index is 2.79. The Hall–Kier alpha value is -0.570. The summed E-state index contributed by atoms with van der Waals surface area (Å²) in [6, 6.07) is 0.578. The molecule has 0 saturated carbocycles. The Morgan fingerprint density at radius 3 is 2.75 bits per heavy atom. The highest BCUT2D eigenvalue weighted by Gasteiger charge is 2.06. The summed E-state index contributed by atoms with van der Waals surface area (Å²) in [6.07, 6.45) is 7.51. The maximum Gasteiger partial charge on any atom is 0.177 e. The normalized spacial score (nSPS) is 13.2. The number of imidazole rings is 1. The fraction of sp³-hybridized carbons (Fsp3) is 0.667. The van der Waals surface area contributed by atoms with Gasteiger partial charge in [-0.25, -0.2) is 0 Å². The third kappa shape index (κ3) is 1.97. The van der Waals surface area contributed by atoms with Crippen LogP contribution in [0.5, 0.6) is 0 Å². The van der Waals surface area contributed by atoms with Crippen molar-refractivity contribution in [2.75, 3.05) is 0 Å². The van der Waals surface area contributed by atoms with Gasteiger partial charge in [0.15, 0.2) is 4.77 Å². The number of aromatic amines is 1. The van der Waals surface area contributed by atoms with Gasteiger partial charge in [-0.2, -0.15) is 0 Å². The van der Waals surface area contributed by atoms with Crippen LogP contribution in [0, 0.1) is 4.77 Å². The predicted molar refractivity (Wildman–Crippen MR) is 53.9 cm³/mol. The Labute approximate surface area is 78.6 Å². The van der Waals surface area contributed by atoms with Crippen LogP contribution in [0.2, 0.25) is 0 Å². The molecule has 1 aromatic rings. The number of hydrogen-bond acceptors (Lipinski definition) is 1. The zero-order valence-corrected chi connectivity index (χ0v) is 8.53. The summed E-state index contributed by atoms with van der Waals surface area (Å²) < 4.78 is 2.99. The van der Waals surface area contributed by atoms with Gasteiger partial charge >= 0.3 is 0 Å². The average molecular weight is 184 g/mol. The zero-order valence-electron chi connectivity index (χ0n) is 7.71. The molecule has 12 heavy (non-hydrogen) atoms. The van der Waals surface area contributed by atoms with Crippen LogP contribution in [0.25, 0.3) is 0 Å². The van der Waals surface area contributed by atoms with Gasteiger partial charge in [-0.3, -0.25) is 0 Å². The number of aromatic nitrogens is 2. The molecular weight excluding hydrogens is 168 g/mol. The molecule has 0 bridgehead atoms. The second kappa shape index (κ2) is 4.45. The van der Waals surface area contributed by atoms with E-state index in [1.54, 1.807) is 0 Å². The molecule has 1 aromatic heterocycles. The van der Waals surface area contributed by atoms with Gasteiger partial charge in [-0.1, -0.05) is 20.3 Å². The maximum absolute atomic E-state index is 5.15. The van der Waals surface area contributed by atoms with E-state index in [9.17, 15) is 0 Å². The van der Waals surface area contributed by atoms with Crippen molar-refractivity contribution in [3.8, 4) is 0 Å². The van der Waals surface area contributed by atoms with Crippen LogP contribution in [-0.2, 0) is 0 Å². The monoisotopic (exact) mass is 184 g/mol. The minimum Gasteiger partial charge on any atom is -0.337 e. The summed E-state index contributed by atoms with van der Waals surface area (Å²) in [5, 5.41) is 0. The van der Waals surface area contributed by atoms with Gasteiger partial charge in [-0.15, -0.1) is 0 Å². The zero-order chi connectivity index (χ0) is 8.97. The van der Waals surface area contributed by atoms with Crippen molar-refractivity contribution in [2.45, 2.75) is 39.2 Å². The number of rotatable bonds is 4. The molecular formula is C9H16N2S. The molecule has 2 nitrogen and oxygen atoms in total. The standard InChI is InChI=1S/C9H16N2S/c1-3-5-8(4-2)11-7-6-10-9(11)12/h6-8H,3-5H2,1-2H3,(H,10,12). The molecule has 68 valence electrons. The highest BCUT2D eigenvalue weighted by atomic mass is 32.1. The first kappa shape index (κ1) is 9.52. The van der Waals surface area contributed by atoms with E-state index in [4.69, 9.17) is 12.2 Å². The lowest BCUT2D eigenvalue weighted by Crippen LogP contribution is -2.06. The molecule has 0 aromatic carbocycles. The van der Waals surface area contributed by atoms with Crippen molar-refractivity contribution in [1.29, 1.82) is 0 Å². The first-order valence-corrected chi connectivity index (χ1v) is 4.96. The van der Waals surface area contributed by atoms with Gasteiger partial charge in [0, 0.05) is 18.4 Å². The highest BCUT2D eigenvalue weighted by molar-refractivity contribution is 7.71. The van der Waals surface area contributed by atoms with Crippen LogP contribution in [0.1, 0.15) is 39.2 Å². The summed E-state index contributed by atoms with van der Waals surface area (Å²) >= 11 is 5.15. The second-order valence-electron chi connectivity index (χ2n) is 3.02. The largest absolute Gasteiger partial charge is 0.337 e. The fourth-order valence-electron chi connectivity index (χ4n) is 1.49. The molecule has 0 radical (unpaired) electrons. The molecule has 1 N–H and O–H groups in total. The lowest BCUT2D eigenvalue weighted by Gasteiger charge is -2.14. The predicted octanol–water partition coefficient (Wildman–Crippen LogP) is 3.30. The Kier molecular flexibility index (Phi) is 3.53. The summed E-state index contributed by atoms with van der Waals surface area (Å²) in [4.78, 5) is 3.02. The van der Waals surface area contributed by atoms with E-state index in [2.05, 4.69) is 23.4 Å². The molecule has 1 heterocycles. The lowest BCUT2D eigenvalue weighted by atomic mass is 10.1. The first-order chi connectivity index (χ1) is 5.79. The molecule has 0 fully saturated rings. The molecule has 1 atom stereocenters. The summed E-state index contributed by atoms with van der Waals surface area (Å²) in [5.74, 6) is 0. The number of nitrogens with one attached hydrogen (secondary N) is 1. The molecule has 0 aliphatic carbocycles. The van der Waals surface area contributed by atoms with Crippen LogP contribution in [0.3, 0.4) is 0 Å². The van der Waals surface area contributed by atoms with Crippen LogP contribution >= 0.6 is 12.2 Å². The van der Waals surface area contributed by atoms with E-state index in [0.29, 0.717) is 6.04 Å². The third-order valence-corrected chi connectivity index (χ3v) is 2.49. The topological polar surface area (TPSA) is 20.7 Å².